The molecular formula is C21H28BrNO2S. The second-order valence-corrected chi connectivity index (χ2v) is 8.19. The summed E-state index contributed by atoms with van der Waals surface area (Å²) in [4.78, 5) is 3.26. The molecule has 0 saturated carbocycles. The van der Waals surface area contributed by atoms with E-state index in [1.54, 1.807) is 7.11 Å². The first kappa shape index (κ1) is 21.3. The summed E-state index contributed by atoms with van der Waals surface area (Å²) >= 11 is 4.18. The molecule has 3 rings (SSSR count). The monoisotopic (exact) mass is 437 g/mol. The lowest BCUT2D eigenvalue weighted by Crippen LogP contribution is -2.33. The van der Waals surface area contributed by atoms with Gasteiger partial charge < -0.3 is 14.2 Å². The number of ether oxygens (including phenoxy) is 1. The smallest absolute Gasteiger partial charge is 0.122 e. The highest BCUT2D eigenvalue weighted by Crippen LogP contribution is 2.30. The van der Waals surface area contributed by atoms with Crippen molar-refractivity contribution in [1.29, 1.82) is 0 Å². The third-order valence-corrected chi connectivity index (χ3v) is 5.96. The highest BCUT2D eigenvalue weighted by molar-refractivity contribution is 9.10. The molecule has 0 bridgehead atoms. The third-order valence-electron chi connectivity index (χ3n) is 4.87. The second kappa shape index (κ2) is 10.4. The molecule has 1 aliphatic rings. The number of halogens is 1. The van der Waals surface area contributed by atoms with E-state index < -0.39 is 0 Å². The van der Waals surface area contributed by atoms with Crippen LogP contribution in [-0.4, -0.2) is 36.7 Å². The maximum atomic E-state index is 8.84. The molecule has 0 heterocycles. The van der Waals surface area contributed by atoms with Gasteiger partial charge in [-0.05, 0) is 80.7 Å². The van der Waals surface area contributed by atoms with Gasteiger partial charge in [-0.25, -0.2) is 0 Å². The van der Waals surface area contributed by atoms with E-state index in [2.05, 4.69) is 60.0 Å². The molecule has 5 heteroatoms. The van der Waals surface area contributed by atoms with Crippen molar-refractivity contribution in [2.75, 3.05) is 21.2 Å². The highest BCUT2D eigenvalue weighted by atomic mass is 79.9. The van der Waals surface area contributed by atoms with Crippen molar-refractivity contribution in [3.8, 4) is 5.75 Å². The largest absolute Gasteiger partial charge is 0.496 e. The summed E-state index contributed by atoms with van der Waals surface area (Å²) in [6, 6.07) is 12.9. The lowest BCUT2D eigenvalue weighted by atomic mass is 9.87. The van der Waals surface area contributed by atoms with E-state index in [0.717, 1.165) is 40.0 Å². The average Bonchev–Trinajstić information content (AvgIpc) is 2.67. The number of rotatable bonds is 4. The Morgan fingerprint density at radius 1 is 1.27 bits per heavy atom. The zero-order chi connectivity index (χ0) is 19.1. The van der Waals surface area contributed by atoms with E-state index in [1.165, 1.54) is 29.5 Å². The number of nitrogens with zero attached hydrogens (tertiary/aromatic N) is 1. The summed E-state index contributed by atoms with van der Waals surface area (Å²) in [7, 11) is 6.07. The molecule has 0 aromatic heterocycles. The minimum atomic E-state index is 0.661. The van der Waals surface area contributed by atoms with Crippen LogP contribution >= 0.6 is 28.0 Å². The number of likely N-dealkylation sites (N-methyl/N-ethyl adjacent to an activating group) is 1. The van der Waals surface area contributed by atoms with Gasteiger partial charge in [0.15, 0.2) is 0 Å². The molecule has 2 aromatic carbocycles. The number of hydrogen-bond donors (Lipinski definition) is 1. The van der Waals surface area contributed by atoms with Gasteiger partial charge in [-0.2, -0.15) is 0 Å². The average molecular weight is 438 g/mol. The van der Waals surface area contributed by atoms with Crippen LogP contribution in [0.3, 0.4) is 0 Å². The van der Waals surface area contributed by atoms with Crippen molar-refractivity contribution in [1.82, 2.24) is 4.90 Å². The van der Waals surface area contributed by atoms with Crippen molar-refractivity contribution in [3.63, 3.8) is 0 Å². The van der Waals surface area contributed by atoms with Gasteiger partial charge in [0.05, 0.1) is 7.11 Å². The molecule has 0 aliphatic heterocycles. The summed E-state index contributed by atoms with van der Waals surface area (Å²) in [5.74, 6) is 1.05. The standard InChI is InChI=1S/C13H19NO.C8H9BrOS/c1-14(2)11-8-7-10-5-4-6-13(15-3)12(10)9-11;1-2-6-5-7(9)3-4-8(6)11-10/h4-6,11H,7-9H2,1-3H3;3-5,10H,2H2,1H3. The summed E-state index contributed by atoms with van der Waals surface area (Å²) in [6.45, 7) is 2.07. The fourth-order valence-corrected chi connectivity index (χ4v) is 4.14. The van der Waals surface area contributed by atoms with E-state index in [9.17, 15) is 0 Å². The Labute approximate surface area is 170 Å². The van der Waals surface area contributed by atoms with E-state index in [1.807, 2.05) is 18.2 Å². The quantitative estimate of drug-likeness (QED) is 0.622. The summed E-state index contributed by atoms with van der Waals surface area (Å²) < 4.78 is 15.3. The van der Waals surface area contributed by atoms with Gasteiger partial charge in [0.25, 0.3) is 0 Å². The van der Waals surface area contributed by atoms with Crippen LogP contribution in [0.25, 0.3) is 0 Å². The number of fused-ring (bicyclic) bond motifs is 1. The van der Waals surface area contributed by atoms with E-state index in [0.29, 0.717) is 6.04 Å². The summed E-state index contributed by atoms with van der Waals surface area (Å²) in [6.07, 6.45) is 4.50. The van der Waals surface area contributed by atoms with Gasteiger partial charge in [-0.1, -0.05) is 35.0 Å². The van der Waals surface area contributed by atoms with Gasteiger partial charge in [0.1, 0.15) is 5.75 Å². The molecule has 0 amide bonds. The number of methoxy groups -OCH3 is 1. The maximum Gasteiger partial charge on any atom is 0.122 e. The lowest BCUT2D eigenvalue weighted by Gasteiger charge is -2.30. The fourth-order valence-electron chi connectivity index (χ4n) is 3.28. The van der Waals surface area contributed by atoms with Gasteiger partial charge in [-0.15, -0.1) is 0 Å². The number of benzene rings is 2. The molecule has 0 fully saturated rings. The Kier molecular flexibility index (Phi) is 8.48. The minimum absolute atomic E-state index is 0.661. The van der Waals surface area contributed by atoms with Crippen LogP contribution in [0.5, 0.6) is 5.75 Å². The first-order chi connectivity index (χ1) is 12.5. The van der Waals surface area contributed by atoms with E-state index in [4.69, 9.17) is 9.29 Å². The Morgan fingerprint density at radius 3 is 2.65 bits per heavy atom. The normalized spacial score (nSPS) is 15.9. The Morgan fingerprint density at radius 2 is 2.04 bits per heavy atom. The van der Waals surface area contributed by atoms with Gasteiger partial charge in [-0.3, -0.25) is 0 Å². The van der Waals surface area contributed by atoms with Crippen LogP contribution in [0, 0.1) is 0 Å². The van der Waals surface area contributed by atoms with Crippen LogP contribution in [0.15, 0.2) is 45.8 Å². The molecule has 0 spiro atoms. The molecule has 1 aliphatic carbocycles. The Balaban J connectivity index is 0.000000197. The minimum Gasteiger partial charge on any atom is -0.496 e. The zero-order valence-corrected chi connectivity index (χ0v) is 18.4. The van der Waals surface area contributed by atoms with Crippen molar-refractivity contribution in [2.45, 2.75) is 43.5 Å². The van der Waals surface area contributed by atoms with Crippen LogP contribution in [0.1, 0.15) is 30.0 Å². The summed E-state index contributed by atoms with van der Waals surface area (Å²) in [5, 5.41) is 0. The molecule has 3 nitrogen and oxygen atoms in total. The molecule has 142 valence electrons. The summed E-state index contributed by atoms with van der Waals surface area (Å²) in [5.41, 5.74) is 4.05. The molecule has 26 heavy (non-hydrogen) atoms. The predicted octanol–water partition coefficient (Wildman–Crippen LogP) is 5.69. The van der Waals surface area contributed by atoms with Gasteiger partial charge in [0, 0.05) is 27.5 Å². The van der Waals surface area contributed by atoms with Gasteiger partial charge in [0.2, 0.25) is 0 Å². The SMILES string of the molecule is CCc1cc(Br)ccc1SO.COc1cccc2c1CC(N(C)C)CC2. The molecule has 1 atom stereocenters. The van der Waals surface area contributed by atoms with Crippen molar-refractivity contribution >= 4 is 28.0 Å². The predicted molar refractivity (Wildman–Crippen MR) is 114 cm³/mol. The molecule has 2 aromatic rings. The lowest BCUT2D eigenvalue weighted by molar-refractivity contribution is 0.264. The molecule has 0 saturated heterocycles. The number of hydrogen-bond acceptors (Lipinski definition) is 4. The fraction of sp³-hybridized carbons (Fsp3) is 0.429. The zero-order valence-electron chi connectivity index (χ0n) is 16.0. The van der Waals surface area contributed by atoms with Gasteiger partial charge >= 0.3 is 0 Å². The number of aryl methyl sites for hydroxylation is 2. The molecular weight excluding hydrogens is 410 g/mol. The van der Waals surface area contributed by atoms with Crippen molar-refractivity contribution < 1.29 is 9.29 Å². The Hall–Kier alpha value is -1.01. The highest BCUT2D eigenvalue weighted by Gasteiger charge is 2.22. The molecule has 0 radical (unpaired) electrons. The van der Waals surface area contributed by atoms with Crippen LogP contribution in [-0.2, 0) is 19.3 Å². The Bertz CT molecular complexity index is 707. The maximum absolute atomic E-state index is 8.84. The first-order valence-corrected chi connectivity index (χ1v) is 10.5. The first-order valence-electron chi connectivity index (χ1n) is 8.91. The van der Waals surface area contributed by atoms with Crippen molar-refractivity contribution in [3.05, 3.63) is 57.6 Å². The van der Waals surface area contributed by atoms with Crippen LogP contribution < -0.4 is 4.74 Å². The topological polar surface area (TPSA) is 32.7 Å². The third kappa shape index (κ3) is 5.49. The second-order valence-electron chi connectivity index (χ2n) is 6.66. The molecule has 1 unspecified atom stereocenters. The van der Waals surface area contributed by atoms with E-state index >= 15 is 0 Å². The van der Waals surface area contributed by atoms with Crippen molar-refractivity contribution in [2.24, 2.45) is 0 Å². The van der Waals surface area contributed by atoms with E-state index in [-0.39, 0.29) is 0 Å². The van der Waals surface area contributed by atoms with Crippen LogP contribution in [0.4, 0.5) is 0 Å². The van der Waals surface area contributed by atoms with Crippen LogP contribution in [0.2, 0.25) is 0 Å². The molecule has 1 N–H and O–H groups in total.